The molecule has 0 aromatic rings. The first-order valence-electron chi connectivity index (χ1n) is 10.1. The molecule has 0 aromatic heterocycles. The molecule has 0 aliphatic rings. The molecule has 0 amide bonds. The second-order valence-corrected chi connectivity index (χ2v) is 5.25. The maximum Gasteiger partial charge on any atom is 0.0403 e. The van der Waals surface area contributed by atoms with Crippen LogP contribution in [0.15, 0.2) is 111 Å². The third-order valence-electron chi connectivity index (χ3n) is 3.24. The molecular weight excluding hydrogens is 352 g/mol. The van der Waals surface area contributed by atoms with E-state index >= 15 is 0 Å². The number of rotatable bonds is 11. The van der Waals surface area contributed by atoms with Crippen LogP contribution in [0, 0.1) is 0 Å². The van der Waals surface area contributed by atoms with Gasteiger partial charge in [-0.3, -0.25) is 0 Å². The van der Waals surface area contributed by atoms with Crippen molar-refractivity contribution in [2.24, 2.45) is 0 Å². The molecule has 0 spiro atoms. The maximum absolute atomic E-state index is 3.83. The van der Waals surface area contributed by atoms with Crippen LogP contribution in [0.1, 0.15) is 48.0 Å². The predicted octanol–water partition coefficient (Wildman–Crippen LogP) is 8.11. The molecule has 0 radical (unpaired) electrons. The van der Waals surface area contributed by atoms with Crippen LogP contribution in [0.3, 0.4) is 0 Å². The van der Waals surface area contributed by atoms with Crippen molar-refractivity contribution in [3.05, 3.63) is 111 Å². The first-order valence-corrected chi connectivity index (χ1v) is 10.1. The highest BCUT2D eigenvalue weighted by Crippen LogP contribution is 2.07. The lowest BCUT2D eigenvalue weighted by Gasteiger charge is -2.12. The van der Waals surface area contributed by atoms with Gasteiger partial charge in [-0.2, -0.15) is 0 Å². The summed E-state index contributed by atoms with van der Waals surface area (Å²) >= 11 is 0. The molecule has 0 aromatic carbocycles. The number of nitrogens with one attached hydrogen (secondary N) is 1. The van der Waals surface area contributed by atoms with E-state index in [9.17, 15) is 0 Å². The Morgan fingerprint density at radius 3 is 1.90 bits per heavy atom. The van der Waals surface area contributed by atoms with Crippen LogP contribution in [0.4, 0.5) is 0 Å². The zero-order valence-electron chi connectivity index (χ0n) is 20.0. The molecule has 0 aliphatic carbocycles. The lowest BCUT2D eigenvalue weighted by atomic mass is 10.1. The highest BCUT2D eigenvalue weighted by Gasteiger charge is 1.94. The summed E-state index contributed by atoms with van der Waals surface area (Å²) < 4.78 is 0. The zero-order chi connectivity index (χ0) is 23.3. The second kappa shape index (κ2) is 32.9. The Balaban J connectivity index is -0.000000337. The molecule has 164 valence electrons. The van der Waals surface area contributed by atoms with Crippen LogP contribution < -0.4 is 5.32 Å². The van der Waals surface area contributed by atoms with Gasteiger partial charge in [-0.15, -0.1) is 13.2 Å². The molecule has 0 saturated heterocycles. The van der Waals surface area contributed by atoms with Crippen LogP contribution in [-0.2, 0) is 0 Å². The number of nitrogens with zero attached hydrogens (tertiary/aromatic N) is 1. The van der Waals surface area contributed by atoms with Crippen LogP contribution >= 0.6 is 0 Å². The first-order chi connectivity index (χ1) is 14.1. The Bertz CT molecular complexity index is 511. The normalized spacial score (nSPS) is 10.8. The van der Waals surface area contributed by atoms with Crippen molar-refractivity contribution in [3.8, 4) is 0 Å². The van der Waals surface area contributed by atoms with Crippen molar-refractivity contribution in [2.75, 3.05) is 13.1 Å². The summed E-state index contributed by atoms with van der Waals surface area (Å²) in [6, 6.07) is 0. The SMILES string of the molecule is C=C.C=CC=C.C=CN(/C=C/C/C(C)=C(/C)NC/C=C\C)C/C=C\C=C/C.CC. The van der Waals surface area contributed by atoms with Gasteiger partial charge >= 0.3 is 0 Å². The molecule has 0 bridgehead atoms. The van der Waals surface area contributed by atoms with Crippen LogP contribution in [0.25, 0.3) is 0 Å². The summed E-state index contributed by atoms with van der Waals surface area (Å²) in [5, 5.41) is 3.39. The number of hydrogen-bond donors (Lipinski definition) is 1. The quantitative estimate of drug-likeness (QED) is 0.279. The summed E-state index contributed by atoms with van der Waals surface area (Å²) in [6.07, 6.45) is 22.7. The molecule has 0 unspecified atom stereocenters. The van der Waals surface area contributed by atoms with Gasteiger partial charge in [0.05, 0.1) is 0 Å². The van der Waals surface area contributed by atoms with Crippen LogP contribution in [0.5, 0.6) is 0 Å². The van der Waals surface area contributed by atoms with E-state index in [1.54, 1.807) is 12.2 Å². The second-order valence-electron chi connectivity index (χ2n) is 5.25. The van der Waals surface area contributed by atoms with E-state index in [-0.39, 0.29) is 0 Å². The van der Waals surface area contributed by atoms with E-state index < -0.39 is 0 Å². The fraction of sp³-hybridized carbons (Fsp3) is 0.333. The smallest absolute Gasteiger partial charge is 0.0403 e. The van der Waals surface area contributed by atoms with Crippen LogP contribution in [0.2, 0.25) is 0 Å². The minimum Gasteiger partial charge on any atom is -0.385 e. The third kappa shape index (κ3) is 30.2. The topological polar surface area (TPSA) is 15.3 Å². The first kappa shape index (κ1) is 33.8. The van der Waals surface area contributed by atoms with E-state index in [1.807, 2.05) is 52.1 Å². The molecule has 0 aliphatic heterocycles. The molecular formula is C27H46N2. The Hall–Kier alpha value is -2.74. The molecule has 0 saturated carbocycles. The van der Waals surface area contributed by atoms with Gasteiger partial charge in [-0.25, -0.2) is 0 Å². The molecule has 0 heterocycles. The largest absolute Gasteiger partial charge is 0.385 e. The Morgan fingerprint density at radius 1 is 0.862 bits per heavy atom. The molecule has 2 heteroatoms. The van der Waals surface area contributed by atoms with Crippen LogP contribution in [-0.4, -0.2) is 18.0 Å². The molecule has 0 atom stereocenters. The van der Waals surface area contributed by atoms with Crippen molar-refractivity contribution >= 4 is 0 Å². The molecule has 0 rings (SSSR count). The molecule has 1 N–H and O–H groups in total. The van der Waals surface area contributed by atoms with Gasteiger partial charge in [0.15, 0.2) is 0 Å². The van der Waals surface area contributed by atoms with E-state index in [4.69, 9.17) is 0 Å². The van der Waals surface area contributed by atoms with Crippen molar-refractivity contribution in [1.82, 2.24) is 10.2 Å². The van der Waals surface area contributed by atoms with Gasteiger partial charge in [0.25, 0.3) is 0 Å². The highest BCUT2D eigenvalue weighted by atomic mass is 15.1. The lowest BCUT2D eigenvalue weighted by Crippen LogP contribution is -2.12. The van der Waals surface area contributed by atoms with E-state index in [1.165, 1.54) is 11.3 Å². The fourth-order valence-corrected chi connectivity index (χ4v) is 1.57. The zero-order valence-corrected chi connectivity index (χ0v) is 20.0. The van der Waals surface area contributed by atoms with Crippen molar-refractivity contribution < 1.29 is 0 Å². The average Bonchev–Trinajstić information content (AvgIpc) is 2.78. The van der Waals surface area contributed by atoms with Crippen molar-refractivity contribution in [1.29, 1.82) is 0 Å². The summed E-state index contributed by atoms with van der Waals surface area (Å²) in [7, 11) is 0. The predicted molar refractivity (Wildman–Crippen MR) is 139 cm³/mol. The van der Waals surface area contributed by atoms with Gasteiger partial charge in [0.2, 0.25) is 0 Å². The van der Waals surface area contributed by atoms with E-state index in [0.29, 0.717) is 0 Å². The summed E-state index contributed by atoms with van der Waals surface area (Å²) in [5.74, 6) is 0. The highest BCUT2D eigenvalue weighted by molar-refractivity contribution is 5.13. The number of hydrogen-bond acceptors (Lipinski definition) is 2. The van der Waals surface area contributed by atoms with Gasteiger partial charge in [-0.1, -0.05) is 93.8 Å². The van der Waals surface area contributed by atoms with E-state index in [2.05, 4.69) is 87.5 Å². The van der Waals surface area contributed by atoms with Gasteiger partial charge < -0.3 is 10.2 Å². The molecule has 0 fully saturated rings. The molecule has 29 heavy (non-hydrogen) atoms. The van der Waals surface area contributed by atoms with Gasteiger partial charge in [0.1, 0.15) is 0 Å². The number of allylic oxidation sites excluding steroid dienone is 9. The average molecular weight is 399 g/mol. The van der Waals surface area contributed by atoms with Gasteiger partial charge in [-0.05, 0) is 40.3 Å². The summed E-state index contributed by atoms with van der Waals surface area (Å²) in [6.45, 7) is 30.6. The maximum atomic E-state index is 3.83. The third-order valence-corrected chi connectivity index (χ3v) is 3.24. The van der Waals surface area contributed by atoms with E-state index in [0.717, 1.165) is 19.5 Å². The standard InChI is InChI=1S/C19H30N2.C4H6.C2H6.C2H4/c1-6-9-11-12-16-21(8-3)17-13-14-18(4)19(5)20-15-10-7-2;1-3-4-2;2*1-2/h6-13,17,20H,3,14-16H2,1-2,4-5H3;3-4H,1-2H2;1-2H3;1-2H2/b9-6-,10-7-,12-11-,17-13+,19-18-;;;. The monoisotopic (exact) mass is 398 g/mol. The van der Waals surface area contributed by atoms with Crippen molar-refractivity contribution in [3.63, 3.8) is 0 Å². The minimum absolute atomic E-state index is 0.839. The van der Waals surface area contributed by atoms with Crippen molar-refractivity contribution in [2.45, 2.75) is 48.0 Å². The lowest BCUT2D eigenvalue weighted by molar-refractivity contribution is 0.565. The minimum atomic E-state index is 0.839. The Labute approximate surface area is 182 Å². The molecule has 2 nitrogen and oxygen atoms in total. The summed E-state index contributed by atoms with van der Waals surface area (Å²) in [4.78, 5) is 2.07. The summed E-state index contributed by atoms with van der Waals surface area (Å²) in [5.41, 5.74) is 2.60. The fourth-order valence-electron chi connectivity index (χ4n) is 1.57. The van der Waals surface area contributed by atoms with Gasteiger partial charge in [0, 0.05) is 25.0 Å². The Morgan fingerprint density at radius 2 is 1.45 bits per heavy atom. The Kier molecular flexibility index (Phi) is 38.4.